The van der Waals surface area contributed by atoms with Gasteiger partial charge in [0.2, 0.25) is 0 Å². The van der Waals surface area contributed by atoms with Gasteiger partial charge in [-0.05, 0) is 26.3 Å². The molecule has 1 heterocycles. The van der Waals surface area contributed by atoms with Crippen LogP contribution in [0.25, 0.3) is 0 Å². The number of methoxy groups -OCH3 is 2. The highest BCUT2D eigenvalue weighted by Crippen LogP contribution is 2.16. The van der Waals surface area contributed by atoms with Gasteiger partial charge in [0, 0.05) is 39.9 Å². The summed E-state index contributed by atoms with van der Waals surface area (Å²) in [6.07, 6.45) is 2.49. The van der Waals surface area contributed by atoms with Crippen LogP contribution in [0.3, 0.4) is 0 Å². The zero-order chi connectivity index (χ0) is 14.6. The Morgan fingerprint density at radius 3 is 2.67 bits per heavy atom. The first-order chi connectivity index (χ1) is 9.81. The van der Waals surface area contributed by atoms with E-state index < -0.39 is 0 Å². The van der Waals surface area contributed by atoms with E-state index in [9.17, 15) is 0 Å². The van der Waals surface area contributed by atoms with Crippen molar-refractivity contribution in [3.05, 3.63) is 0 Å². The minimum Gasteiger partial charge on any atom is -0.383 e. The summed E-state index contributed by atoms with van der Waals surface area (Å²) in [5.41, 5.74) is 0. The second-order valence-electron chi connectivity index (χ2n) is 4.96. The Balaban J connectivity index is 0.00000400. The zero-order valence-electron chi connectivity index (χ0n) is 13.6. The van der Waals surface area contributed by atoms with Crippen molar-refractivity contribution in [2.45, 2.75) is 25.8 Å². The summed E-state index contributed by atoms with van der Waals surface area (Å²) in [6.45, 7) is 8.22. The highest BCUT2D eigenvalue weighted by Gasteiger charge is 2.23. The van der Waals surface area contributed by atoms with Crippen LogP contribution in [0, 0.1) is 0 Å². The number of rotatable bonds is 9. The molecule has 126 valence electrons. The third-order valence-corrected chi connectivity index (χ3v) is 3.48. The van der Waals surface area contributed by atoms with E-state index in [0.717, 1.165) is 45.3 Å². The standard InChI is InChI=1S/C14H30N4O2.HI/c1-4-15-14(16-7-10-19-2)17-12-13-6-5-8-18(13)9-11-20-3;/h13H,4-12H2,1-3H3,(H2,15,16,17);1H. The largest absolute Gasteiger partial charge is 0.383 e. The van der Waals surface area contributed by atoms with Crippen LogP contribution in [0.15, 0.2) is 4.99 Å². The molecular formula is C14H31IN4O2. The maximum atomic E-state index is 5.17. The first-order valence-electron chi connectivity index (χ1n) is 7.56. The lowest BCUT2D eigenvalue weighted by atomic mass is 10.2. The van der Waals surface area contributed by atoms with Gasteiger partial charge in [0.1, 0.15) is 0 Å². The Morgan fingerprint density at radius 2 is 2.00 bits per heavy atom. The van der Waals surface area contributed by atoms with Crippen molar-refractivity contribution in [2.24, 2.45) is 4.99 Å². The lowest BCUT2D eigenvalue weighted by Crippen LogP contribution is -2.40. The van der Waals surface area contributed by atoms with Gasteiger partial charge in [0.15, 0.2) is 5.96 Å². The summed E-state index contributed by atoms with van der Waals surface area (Å²) in [5.74, 6) is 0.878. The number of nitrogens with zero attached hydrogens (tertiary/aromatic N) is 2. The Kier molecular flexibility index (Phi) is 13.5. The van der Waals surface area contributed by atoms with Gasteiger partial charge in [0.05, 0.1) is 19.8 Å². The maximum Gasteiger partial charge on any atom is 0.191 e. The van der Waals surface area contributed by atoms with E-state index in [2.05, 4.69) is 27.4 Å². The van der Waals surface area contributed by atoms with Gasteiger partial charge in [0.25, 0.3) is 0 Å². The second-order valence-corrected chi connectivity index (χ2v) is 4.96. The van der Waals surface area contributed by atoms with Gasteiger partial charge in [-0.3, -0.25) is 9.89 Å². The summed E-state index contributed by atoms with van der Waals surface area (Å²) < 4.78 is 10.2. The van der Waals surface area contributed by atoms with Crippen LogP contribution in [-0.4, -0.2) is 77.1 Å². The van der Waals surface area contributed by atoms with Crippen molar-refractivity contribution in [2.75, 3.05) is 60.2 Å². The second kappa shape index (κ2) is 13.5. The SMILES string of the molecule is CCNC(=NCC1CCCN1CCOC)NCCOC.I. The molecule has 1 fully saturated rings. The number of guanidine groups is 1. The molecule has 0 amide bonds. The zero-order valence-corrected chi connectivity index (χ0v) is 15.9. The smallest absolute Gasteiger partial charge is 0.191 e. The van der Waals surface area contributed by atoms with E-state index >= 15 is 0 Å². The van der Waals surface area contributed by atoms with Crippen molar-refractivity contribution in [3.8, 4) is 0 Å². The average Bonchev–Trinajstić information content (AvgIpc) is 2.90. The molecule has 0 aromatic carbocycles. The van der Waals surface area contributed by atoms with Gasteiger partial charge in [-0.15, -0.1) is 24.0 Å². The number of halogens is 1. The Bertz CT molecular complexity index is 280. The van der Waals surface area contributed by atoms with E-state index in [1.54, 1.807) is 14.2 Å². The third kappa shape index (κ3) is 8.80. The molecule has 0 spiro atoms. The van der Waals surface area contributed by atoms with Gasteiger partial charge in [-0.2, -0.15) is 0 Å². The molecule has 7 heteroatoms. The lowest BCUT2D eigenvalue weighted by Gasteiger charge is -2.23. The topological polar surface area (TPSA) is 58.1 Å². The number of hydrogen-bond acceptors (Lipinski definition) is 4. The molecule has 1 aliphatic heterocycles. The van der Waals surface area contributed by atoms with E-state index in [0.29, 0.717) is 12.6 Å². The molecule has 1 unspecified atom stereocenters. The van der Waals surface area contributed by atoms with Gasteiger partial charge >= 0.3 is 0 Å². The molecule has 0 aromatic rings. The summed E-state index contributed by atoms with van der Waals surface area (Å²) in [5, 5.41) is 6.54. The van der Waals surface area contributed by atoms with Crippen molar-refractivity contribution in [1.29, 1.82) is 0 Å². The molecule has 1 rings (SSSR count). The molecule has 0 aromatic heterocycles. The van der Waals surface area contributed by atoms with Crippen LogP contribution >= 0.6 is 24.0 Å². The van der Waals surface area contributed by atoms with E-state index in [1.165, 1.54) is 12.8 Å². The Labute approximate surface area is 146 Å². The monoisotopic (exact) mass is 414 g/mol. The Hall–Kier alpha value is -0.120. The first-order valence-corrected chi connectivity index (χ1v) is 7.56. The summed E-state index contributed by atoms with van der Waals surface area (Å²) in [4.78, 5) is 7.16. The molecule has 0 aliphatic carbocycles. The minimum atomic E-state index is 0. The number of ether oxygens (including phenoxy) is 2. The highest BCUT2D eigenvalue weighted by molar-refractivity contribution is 14.0. The predicted octanol–water partition coefficient (Wildman–Crippen LogP) is 0.917. The molecular weight excluding hydrogens is 383 g/mol. The van der Waals surface area contributed by atoms with Gasteiger partial charge in [-0.1, -0.05) is 0 Å². The van der Waals surface area contributed by atoms with Crippen molar-refractivity contribution in [1.82, 2.24) is 15.5 Å². The summed E-state index contributed by atoms with van der Waals surface area (Å²) in [6, 6.07) is 0.544. The van der Waals surface area contributed by atoms with Crippen LogP contribution < -0.4 is 10.6 Å². The molecule has 1 aliphatic rings. The van der Waals surface area contributed by atoms with E-state index in [-0.39, 0.29) is 24.0 Å². The molecule has 21 heavy (non-hydrogen) atoms. The molecule has 6 nitrogen and oxygen atoms in total. The van der Waals surface area contributed by atoms with Crippen LogP contribution in [0.2, 0.25) is 0 Å². The number of likely N-dealkylation sites (tertiary alicyclic amines) is 1. The quantitative estimate of drug-likeness (QED) is 0.254. The molecule has 0 saturated carbocycles. The van der Waals surface area contributed by atoms with Gasteiger partial charge < -0.3 is 20.1 Å². The van der Waals surface area contributed by atoms with Crippen LogP contribution in [-0.2, 0) is 9.47 Å². The fourth-order valence-corrected chi connectivity index (χ4v) is 2.41. The highest BCUT2D eigenvalue weighted by atomic mass is 127. The van der Waals surface area contributed by atoms with Crippen molar-refractivity contribution in [3.63, 3.8) is 0 Å². The number of hydrogen-bond donors (Lipinski definition) is 2. The number of nitrogens with one attached hydrogen (secondary N) is 2. The molecule has 1 saturated heterocycles. The molecule has 2 N–H and O–H groups in total. The maximum absolute atomic E-state index is 5.17. The number of aliphatic imine (C=N–C) groups is 1. The average molecular weight is 414 g/mol. The predicted molar refractivity (Wildman–Crippen MR) is 97.7 cm³/mol. The minimum absolute atomic E-state index is 0. The molecule has 1 atom stereocenters. The molecule has 0 radical (unpaired) electrons. The lowest BCUT2D eigenvalue weighted by molar-refractivity contribution is 0.142. The van der Waals surface area contributed by atoms with Gasteiger partial charge in [-0.25, -0.2) is 0 Å². The van der Waals surface area contributed by atoms with Crippen LogP contribution in [0.5, 0.6) is 0 Å². The Morgan fingerprint density at radius 1 is 1.24 bits per heavy atom. The first kappa shape index (κ1) is 20.9. The summed E-state index contributed by atoms with van der Waals surface area (Å²) in [7, 11) is 3.46. The fraction of sp³-hybridized carbons (Fsp3) is 0.929. The normalized spacial score (nSPS) is 19.4. The van der Waals surface area contributed by atoms with Crippen LogP contribution in [0.1, 0.15) is 19.8 Å². The molecule has 0 bridgehead atoms. The third-order valence-electron chi connectivity index (χ3n) is 3.48. The fourth-order valence-electron chi connectivity index (χ4n) is 2.41. The summed E-state index contributed by atoms with van der Waals surface area (Å²) >= 11 is 0. The van der Waals surface area contributed by atoms with E-state index in [1.807, 2.05) is 0 Å². The van der Waals surface area contributed by atoms with Crippen LogP contribution in [0.4, 0.5) is 0 Å². The van der Waals surface area contributed by atoms with E-state index in [4.69, 9.17) is 9.47 Å². The van der Waals surface area contributed by atoms with Crippen molar-refractivity contribution >= 4 is 29.9 Å². The van der Waals surface area contributed by atoms with Crippen molar-refractivity contribution < 1.29 is 9.47 Å².